The molecule has 1 aromatic carbocycles. The molecule has 2 aliphatic rings. The van der Waals surface area contributed by atoms with Gasteiger partial charge in [-0.3, -0.25) is 4.90 Å². The second-order valence-electron chi connectivity index (χ2n) is 6.68. The zero-order valence-corrected chi connectivity index (χ0v) is 15.3. The average molecular weight is 390 g/mol. The Balaban J connectivity index is 1.63. The Morgan fingerprint density at radius 3 is 2.48 bits per heavy atom. The first-order valence-corrected chi connectivity index (χ1v) is 9.09. The van der Waals surface area contributed by atoms with E-state index in [-0.39, 0.29) is 23.9 Å². The summed E-state index contributed by atoms with van der Waals surface area (Å²) < 4.78 is 52.2. The Hall–Kier alpha value is -1.39. The lowest BCUT2D eigenvalue weighted by Crippen LogP contribution is -2.64. The number of nitrogens with zero attached hydrogens (tertiary/aromatic N) is 1. The second kappa shape index (κ2) is 8.32. The molecule has 2 aliphatic heterocycles. The fourth-order valence-electron chi connectivity index (χ4n) is 3.73. The number of alkyl halides is 3. The van der Waals surface area contributed by atoms with Crippen molar-refractivity contribution >= 4 is 0 Å². The predicted octanol–water partition coefficient (Wildman–Crippen LogP) is 1.87. The van der Waals surface area contributed by atoms with Crippen LogP contribution in [0.1, 0.15) is 19.4 Å². The van der Waals surface area contributed by atoms with Gasteiger partial charge in [-0.25, -0.2) is 0 Å². The third kappa shape index (κ3) is 4.72. The Morgan fingerprint density at radius 2 is 1.89 bits per heavy atom. The summed E-state index contributed by atoms with van der Waals surface area (Å²) in [5.41, 5.74) is 0.775. The van der Waals surface area contributed by atoms with Crippen LogP contribution in [0.25, 0.3) is 0 Å². The maximum Gasteiger partial charge on any atom is 0.573 e. The summed E-state index contributed by atoms with van der Waals surface area (Å²) in [4.78, 5) is 2.11. The molecule has 9 heteroatoms. The van der Waals surface area contributed by atoms with Crippen molar-refractivity contribution in [2.45, 2.75) is 57.3 Å². The lowest BCUT2D eigenvalue weighted by atomic mass is 9.94. The van der Waals surface area contributed by atoms with Gasteiger partial charge in [0.15, 0.2) is 6.29 Å². The lowest BCUT2D eigenvalue weighted by molar-refractivity contribution is -0.274. The van der Waals surface area contributed by atoms with Gasteiger partial charge in [-0.15, -0.1) is 13.2 Å². The molecule has 2 fully saturated rings. The maximum atomic E-state index is 12.2. The molecule has 152 valence electrons. The predicted molar refractivity (Wildman–Crippen MR) is 91.1 cm³/mol. The van der Waals surface area contributed by atoms with Crippen LogP contribution < -0.4 is 10.1 Å². The maximum absolute atomic E-state index is 12.2. The van der Waals surface area contributed by atoms with Crippen molar-refractivity contribution in [3.8, 4) is 5.75 Å². The van der Waals surface area contributed by atoms with Gasteiger partial charge in [-0.05, 0) is 30.8 Å². The fraction of sp³-hybridized carbons (Fsp3) is 0.667. The Bertz CT molecular complexity index is 608. The van der Waals surface area contributed by atoms with Gasteiger partial charge in [0.05, 0.1) is 24.8 Å². The van der Waals surface area contributed by atoms with Gasteiger partial charge in [0.1, 0.15) is 11.9 Å². The molecule has 0 aromatic heterocycles. The van der Waals surface area contributed by atoms with Crippen LogP contribution in [0.3, 0.4) is 0 Å². The Morgan fingerprint density at radius 1 is 1.22 bits per heavy atom. The standard InChI is InChI=1S/C18H25F3N2O4/c1-3-23(4-2)15-16(24)14(13-10-25-17(15)26-13)22-9-11-5-7-12(8-6-11)27-18(19,20)21/h5-8,13-17,22,24H,3-4,9-10H2,1-2H3/t13-,14+,15-,16-,17+/m0/s1. The van der Waals surface area contributed by atoms with Crippen molar-refractivity contribution in [1.82, 2.24) is 10.2 Å². The van der Waals surface area contributed by atoms with Crippen LogP contribution in [0.15, 0.2) is 24.3 Å². The number of hydrogen-bond acceptors (Lipinski definition) is 6. The summed E-state index contributed by atoms with van der Waals surface area (Å²) in [5.74, 6) is -0.263. The molecule has 2 heterocycles. The minimum atomic E-state index is -4.71. The van der Waals surface area contributed by atoms with Crippen molar-refractivity contribution in [2.75, 3.05) is 19.7 Å². The van der Waals surface area contributed by atoms with Gasteiger partial charge in [-0.2, -0.15) is 0 Å². The molecule has 0 saturated carbocycles. The Labute approximate surface area is 156 Å². The van der Waals surface area contributed by atoms with Crippen LogP contribution in [0.2, 0.25) is 0 Å². The summed E-state index contributed by atoms with van der Waals surface area (Å²) in [5, 5.41) is 14.2. The topological polar surface area (TPSA) is 63.2 Å². The SMILES string of the molecule is CCN(CC)[C@@H]1[C@@H]2OC[C@H](O2)[C@@H](NCc2ccc(OC(F)(F)F)cc2)[C@@H]1O. The molecule has 27 heavy (non-hydrogen) atoms. The normalized spacial score (nSPS) is 30.7. The van der Waals surface area contributed by atoms with E-state index in [1.54, 1.807) is 12.1 Å². The zero-order valence-electron chi connectivity index (χ0n) is 15.3. The van der Waals surface area contributed by atoms with Crippen LogP contribution in [0, 0.1) is 0 Å². The highest BCUT2D eigenvalue weighted by molar-refractivity contribution is 5.27. The number of hydrogen-bond donors (Lipinski definition) is 2. The first-order chi connectivity index (χ1) is 12.8. The highest BCUT2D eigenvalue weighted by Crippen LogP contribution is 2.31. The molecule has 1 aromatic rings. The summed E-state index contributed by atoms with van der Waals surface area (Å²) in [6, 6.07) is 5.05. The molecular formula is C18H25F3N2O4. The summed E-state index contributed by atoms with van der Waals surface area (Å²) in [6.45, 7) is 6.34. The smallest absolute Gasteiger partial charge is 0.406 e. The van der Waals surface area contributed by atoms with Crippen LogP contribution in [-0.2, 0) is 16.0 Å². The van der Waals surface area contributed by atoms with E-state index in [4.69, 9.17) is 9.47 Å². The molecule has 2 saturated heterocycles. The number of fused-ring (bicyclic) bond motifs is 2. The fourth-order valence-corrected chi connectivity index (χ4v) is 3.73. The highest BCUT2D eigenvalue weighted by Gasteiger charge is 2.51. The van der Waals surface area contributed by atoms with Crippen LogP contribution in [0.5, 0.6) is 5.75 Å². The minimum absolute atomic E-state index is 0.260. The summed E-state index contributed by atoms with van der Waals surface area (Å²) in [7, 11) is 0. The quantitative estimate of drug-likeness (QED) is 0.741. The number of halogens is 3. The van der Waals surface area contributed by atoms with Gasteiger partial charge in [0.25, 0.3) is 0 Å². The number of aliphatic hydroxyl groups is 1. The third-order valence-electron chi connectivity index (χ3n) is 5.06. The van der Waals surface area contributed by atoms with Crippen LogP contribution in [0.4, 0.5) is 13.2 Å². The summed E-state index contributed by atoms with van der Waals surface area (Å²) >= 11 is 0. The van der Waals surface area contributed by atoms with Gasteiger partial charge in [0, 0.05) is 6.54 Å². The van der Waals surface area contributed by atoms with E-state index in [9.17, 15) is 18.3 Å². The highest BCUT2D eigenvalue weighted by atomic mass is 19.4. The number of rotatable bonds is 7. The number of likely N-dealkylation sites (N-methyl/N-ethyl adjacent to an activating group) is 1. The molecule has 0 unspecified atom stereocenters. The molecule has 2 N–H and O–H groups in total. The number of benzene rings is 1. The largest absolute Gasteiger partial charge is 0.573 e. The lowest BCUT2D eigenvalue weighted by Gasteiger charge is -2.43. The van der Waals surface area contributed by atoms with Gasteiger partial charge in [0.2, 0.25) is 0 Å². The monoisotopic (exact) mass is 390 g/mol. The molecular weight excluding hydrogens is 365 g/mol. The van der Waals surface area contributed by atoms with E-state index in [0.29, 0.717) is 13.2 Å². The molecule has 0 amide bonds. The van der Waals surface area contributed by atoms with Crippen molar-refractivity contribution in [3.05, 3.63) is 29.8 Å². The van der Waals surface area contributed by atoms with E-state index in [1.807, 2.05) is 13.8 Å². The number of nitrogens with one attached hydrogen (secondary N) is 1. The minimum Gasteiger partial charge on any atom is -0.406 e. The van der Waals surface area contributed by atoms with Crippen molar-refractivity contribution in [3.63, 3.8) is 0 Å². The third-order valence-corrected chi connectivity index (χ3v) is 5.06. The first kappa shape index (κ1) is 20.3. The average Bonchev–Trinajstić information content (AvgIpc) is 3.04. The Kier molecular flexibility index (Phi) is 6.27. The van der Waals surface area contributed by atoms with E-state index < -0.39 is 18.8 Å². The van der Waals surface area contributed by atoms with Crippen molar-refractivity contribution in [1.29, 1.82) is 0 Å². The molecule has 6 nitrogen and oxygen atoms in total. The molecule has 0 aliphatic carbocycles. The molecule has 3 rings (SSSR count). The number of aliphatic hydroxyl groups excluding tert-OH is 1. The van der Waals surface area contributed by atoms with Crippen molar-refractivity contribution in [2.24, 2.45) is 0 Å². The van der Waals surface area contributed by atoms with E-state index in [0.717, 1.165) is 18.7 Å². The number of ether oxygens (including phenoxy) is 3. The van der Waals surface area contributed by atoms with Gasteiger partial charge >= 0.3 is 6.36 Å². The van der Waals surface area contributed by atoms with Crippen LogP contribution in [-0.4, -0.2) is 66.6 Å². The molecule has 5 atom stereocenters. The molecule has 0 radical (unpaired) electrons. The van der Waals surface area contributed by atoms with E-state index >= 15 is 0 Å². The molecule has 2 bridgehead atoms. The van der Waals surface area contributed by atoms with E-state index in [1.165, 1.54) is 12.1 Å². The zero-order chi connectivity index (χ0) is 19.6. The second-order valence-corrected chi connectivity index (χ2v) is 6.68. The van der Waals surface area contributed by atoms with Gasteiger partial charge in [-0.1, -0.05) is 26.0 Å². The molecule has 0 spiro atoms. The summed E-state index contributed by atoms with van der Waals surface area (Å²) in [6.07, 6.45) is -6.09. The van der Waals surface area contributed by atoms with E-state index in [2.05, 4.69) is 15.0 Å². The van der Waals surface area contributed by atoms with Crippen molar-refractivity contribution < 1.29 is 32.5 Å². The first-order valence-electron chi connectivity index (χ1n) is 9.09. The van der Waals surface area contributed by atoms with Crippen LogP contribution >= 0.6 is 0 Å². The van der Waals surface area contributed by atoms with Gasteiger partial charge < -0.3 is 24.6 Å².